The average molecular weight is 365 g/mol. The Balaban J connectivity index is 1.52. The Morgan fingerprint density at radius 1 is 0.920 bits per heavy atom. The molecule has 0 aromatic heterocycles. The molecule has 2 N–H and O–H groups in total. The van der Waals surface area contributed by atoms with E-state index in [0.717, 1.165) is 25.7 Å². The molecule has 0 unspecified atom stereocenters. The van der Waals surface area contributed by atoms with Crippen LogP contribution in [0.25, 0.3) is 0 Å². The smallest absolute Gasteiger partial charge is 0.319 e. The maximum atomic E-state index is 12.5. The lowest BCUT2D eigenvalue weighted by atomic mass is 9.89. The van der Waals surface area contributed by atoms with Crippen molar-refractivity contribution in [1.82, 2.24) is 5.32 Å². The molecule has 5 nitrogen and oxygen atoms in total. The molecule has 0 heterocycles. The summed E-state index contributed by atoms with van der Waals surface area (Å²) < 4.78 is 25.1. The minimum atomic E-state index is -3.24. The molecule has 0 atom stereocenters. The molecule has 138 valence electrons. The predicted molar refractivity (Wildman–Crippen MR) is 99.5 cm³/mol. The SMILES string of the molecule is O=C(NCC1CCCCC1)Nc1ccc(S(=O)(=O)C2CCCC2)cc1. The highest BCUT2D eigenvalue weighted by molar-refractivity contribution is 7.92. The Hall–Kier alpha value is -1.56. The Morgan fingerprint density at radius 3 is 2.16 bits per heavy atom. The molecule has 3 rings (SSSR count). The summed E-state index contributed by atoms with van der Waals surface area (Å²) in [4.78, 5) is 12.4. The van der Waals surface area contributed by atoms with Gasteiger partial charge in [-0.15, -0.1) is 0 Å². The maximum Gasteiger partial charge on any atom is 0.319 e. The van der Waals surface area contributed by atoms with Crippen molar-refractivity contribution >= 4 is 21.6 Å². The molecule has 2 aliphatic carbocycles. The van der Waals surface area contributed by atoms with Gasteiger partial charge in [-0.3, -0.25) is 0 Å². The second-order valence-electron chi connectivity index (χ2n) is 7.31. The number of amides is 2. The third-order valence-corrected chi connectivity index (χ3v) is 7.74. The highest BCUT2D eigenvalue weighted by Gasteiger charge is 2.30. The first kappa shape index (κ1) is 18.2. The minimum absolute atomic E-state index is 0.225. The van der Waals surface area contributed by atoms with Gasteiger partial charge in [0.15, 0.2) is 9.84 Å². The first-order valence-corrected chi connectivity index (χ1v) is 11.0. The summed E-state index contributed by atoms with van der Waals surface area (Å²) in [5.41, 5.74) is 0.617. The molecule has 0 saturated heterocycles. The number of benzene rings is 1. The van der Waals surface area contributed by atoms with Crippen molar-refractivity contribution in [1.29, 1.82) is 0 Å². The van der Waals surface area contributed by atoms with Crippen LogP contribution < -0.4 is 10.6 Å². The number of hydrogen-bond acceptors (Lipinski definition) is 3. The molecule has 2 fully saturated rings. The van der Waals surface area contributed by atoms with Gasteiger partial charge in [0.25, 0.3) is 0 Å². The molecule has 2 saturated carbocycles. The highest BCUT2D eigenvalue weighted by Crippen LogP contribution is 2.30. The van der Waals surface area contributed by atoms with Gasteiger partial charge in [0.1, 0.15) is 0 Å². The van der Waals surface area contributed by atoms with E-state index in [2.05, 4.69) is 10.6 Å². The van der Waals surface area contributed by atoms with E-state index in [1.165, 1.54) is 32.1 Å². The van der Waals surface area contributed by atoms with E-state index in [4.69, 9.17) is 0 Å². The van der Waals surface area contributed by atoms with Crippen molar-refractivity contribution in [3.05, 3.63) is 24.3 Å². The number of anilines is 1. The summed E-state index contributed by atoms with van der Waals surface area (Å²) >= 11 is 0. The first-order chi connectivity index (χ1) is 12.1. The molecule has 1 aromatic carbocycles. The third kappa shape index (κ3) is 4.75. The largest absolute Gasteiger partial charge is 0.338 e. The number of carbonyl (C=O) groups excluding carboxylic acids is 1. The van der Waals surface area contributed by atoms with Crippen LogP contribution in [0.1, 0.15) is 57.8 Å². The summed E-state index contributed by atoms with van der Waals surface area (Å²) in [5.74, 6) is 0.582. The summed E-state index contributed by atoms with van der Waals surface area (Å²) in [6.45, 7) is 0.708. The van der Waals surface area contributed by atoms with Gasteiger partial charge in [0.05, 0.1) is 10.1 Å². The molecule has 2 aliphatic rings. The first-order valence-electron chi connectivity index (χ1n) is 9.44. The van der Waals surface area contributed by atoms with Gasteiger partial charge in [0, 0.05) is 12.2 Å². The molecule has 2 amide bonds. The van der Waals surface area contributed by atoms with Crippen molar-refractivity contribution in [2.45, 2.75) is 67.9 Å². The molecular formula is C19H28N2O3S. The van der Waals surface area contributed by atoms with Gasteiger partial charge in [-0.25, -0.2) is 13.2 Å². The third-order valence-electron chi connectivity index (χ3n) is 5.46. The fraction of sp³-hybridized carbons (Fsp3) is 0.632. The quantitative estimate of drug-likeness (QED) is 0.826. The molecule has 0 bridgehead atoms. The zero-order valence-electron chi connectivity index (χ0n) is 14.7. The number of hydrogen-bond donors (Lipinski definition) is 2. The van der Waals surface area contributed by atoms with E-state index in [-0.39, 0.29) is 11.3 Å². The zero-order chi connectivity index (χ0) is 17.7. The number of carbonyl (C=O) groups is 1. The van der Waals surface area contributed by atoms with Gasteiger partial charge in [-0.2, -0.15) is 0 Å². The van der Waals surface area contributed by atoms with E-state index < -0.39 is 9.84 Å². The van der Waals surface area contributed by atoms with E-state index in [0.29, 0.717) is 23.0 Å². The van der Waals surface area contributed by atoms with Crippen LogP contribution in [-0.2, 0) is 9.84 Å². The number of sulfone groups is 1. The van der Waals surface area contributed by atoms with Crippen molar-refractivity contribution in [3.8, 4) is 0 Å². The summed E-state index contributed by atoms with van der Waals surface area (Å²) in [7, 11) is -3.24. The maximum absolute atomic E-state index is 12.5. The number of nitrogens with one attached hydrogen (secondary N) is 2. The lowest BCUT2D eigenvalue weighted by molar-refractivity contribution is 0.247. The second kappa shape index (κ2) is 8.21. The average Bonchev–Trinajstić information content (AvgIpc) is 3.17. The Bertz CT molecular complexity index is 673. The van der Waals surface area contributed by atoms with Crippen LogP contribution in [0.5, 0.6) is 0 Å². The highest BCUT2D eigenvalue weighted by atomic mass is 32.2. The second-order valence-corrected chi connectivity index (χ2v) is 9.54. The fourth-order valence-electron chi connectivity index (χ4n) is 3.92. The van der Waals surface area contributed by atoms with Crippen LogP contribution in [0.15, 0.2) is 29.2 Å². The Morgan fingerprint density at radius 2 is 1.52 bits per heavy atom. The lowest BCUT2D eigenvalue weighted by Crippen LogP contribution is -2.33. The van der Waals surface area contributed by atoms with Crippen molar-refractivity contribution < 1.29 is 13.2 Å². The normalized spacial score (nSPS) is 19.7. The van der Waals surface area contributed by atoms with E-state index in [9.17, 15) is 13.2 Å². The molecular weight excluding hydrogens is 336 g/mol. The van der Waals surface area contributed by atoms with Gasteiger partial charge in [-0.05, 0) is 55.9 Å². The number of urea groups is 1. The molecule has 1 aromatic rings. The standard InChI is InChI=1S/C19H28N2O3S/c22-19(20-14-15-6-2-1-3-7-15)21-16-10-12-18(13-11-16)25(23,24)17-8-4-5-9-17/h10-13,15,17H,1-9,14H2,(H2,20,21,22). The lowest BCUT2D eigenvalue weighted by Gasteiger charge is -2.21. The van der Waals surface area contributed by atoms with Crippen molar-refractivity contribution in [2.75, 3.05) is 11.9 Å². The molecule has 0 radical (unpaired) electrons. The van der Waals surface area contributed by atoms with Gasteiger partial charge in [0.2, 0.25) is 0 Å². The number of rotatable bonds is 5. The van der Waals surface area contributed by atoms with Crippen LogP contribution in [0.4, 0.5) is 10.5 Å². The van der Waals surface area contributed by atoms with Crippen molar-refractivity contribution in [2.24, 2.45) is 5.92 Å². The minimum Gasteiger partial charge on any atom is -0.338 e. The summed E-state index contributed by atoms with van der Waals surface area (Å²) in [6, 6.07) is 6.32. The molecule has 0 spiro atoms. The summed E-state index contributed by atoms with van der Waals surface area (Å²) in [5, 5.41) is 5.46. The van der Waals surface area contributed by atoms with Crippen molar-refractivity contribution in [3.63, 3.8) is 0 Å². The Kier molecular flexibility index (Phi) is 5.99. The molecule has 0 aliphatic heterocycles. The van der Waals surface area contributed by atoms with Crippen LogP contribution in [0.3, 0.4) is 0 Å². The van der Waals surface area contributed by atoms with E-state index >= 15 is 0 Å². The van der Waals surface area contributed by atoms with Crippen LogP contribution in [-0.4, -0.2) is 26.2 Å². The van der Waals surface area contributed by atoms with Crippen LogP contribution in [0.2, 0.25) is 0 Å². The Labute approximate surface area is 150 Å². The summed E-state index contributed by atoms with van der Waals surface area (Å²) in [6.07, 6.45) is 9.68. The van der Waals surface area contributed by atoms with Crippen LogP contribution >= 0.6 is 0 Å². The van der Waals surface area contributed by atoms with E-state index in [1.807, 2.05) is 0 Å². The van der Waals surface area contributed by atoms with Gasteiger partial charge < -0.3 is 10.6 Å². The van der Waals surface area contributed by atoms with Crippen LogP contribution in [0, 0.1) is 5.92 Å². The van der Waals surface area contributed by atoms with Gasteiger partial charge in [-0.1, -0.05) is 32.1 Å². The van der Waals surface area contributed by atoms with E-state index in [1.54, 1.807) is 24.3 Å². The monoisotopic (exact) mass is 364 g/mol. The topological polar surface area (TPSA) is 75.3 Å². The van der Waals surface area contributed by atoms with Gasteiger partial charge >= 0.3 is 6.03 Å². The molecule has 6 heteroatoms. The zero-order valence-corrected chi connectivity index (χ0v) is 15.5. The fourth-order valence-corrected chi connectivity index (χ4v) is 5.78. The predicted octanol–water partition coefficient (Wildman–Crippen LogP) is 4.10. The molecule has 25 heavy (non-hydrogen) atoms.